The number of carbonyl (C=O) groups excluding carboxylic acids is 1. The second-order valence-corrected chi connectivity index (χ2v) is 7.05. The standard InChI is InChI=1S/C23H14ClF3N2O2/c24-16-9-5-14(6-10-16)20-13-28-22(31-20)19-4-2-1-3-18(19)21(30)29-17-11-7-15(8-12-17)23(25,26)27/h1-13H,(H,29,30). The minimum atomic E-state index is -4.44. The fourth-order valence-electron chi connectivity index (χ4n) is 2.95. The van der Waals surface area contributed by atoms with Gasteiger partial charge in [0.25, 0.3) is 5.91 Å². The van der Waals surface area contributed by atoms with Crippen molar-refractivity contribution < 1.29 is 22.4 Å². The molecule has 0 atom stereocenters. The van der Waals surface area contributed by atoms with Gasteiger partial charge in [-0.25, -0.2) is 4.98 Å². The molecule has 0 aliphatic heterocycles. The topological polar surface area (TPSA) is 55.1 Å². The Labute approximate surface area is 180 Å². The zero-order chi connectivity index (χ0) is 22.0. The molecule has 0 saturated carbocycles. The number of aromatic nitrogens is 1. The summed E-state index contributed by atoms with van der Waals surface area (Å²) < 4.78 is 44.0. The van der Waals surface area contributed by atoms with E-state index in [0.29, 0.717) is 16.3 Å². The van der Waals surface area contributed by atoms with Gasteiger partial charge in [0, 0.05) is 21.8 Å². The van der Waals surface area contributed by atoms with Gasteiger partial charge in [0.2, 0.25) is 5.89 Å². The van der Waals surface area contributed by atoms with Gasteiger partial charge in [-0.2, -0.15) is 13.2 Å². The number of hydrogen-bond acceptors (Lipinski definition) is 3. The van der Waals surface area contributed by atoms with Crippen LogP contribution in [-0.2, 0) is 6.18 Å². The summed E-state index contributed by atoms with van der Waals surface area (Å²) in [6, 6.07) is 17.9. The van der Waals surface area contributed by atoms with Crippen molar-refractivity contribution >= 4 is 23.2 Å². The molecule has 4 nitrogen and oxygen atoms in total. The van der Waals surface area contributed by atoms with Crippen LogP contribution in [0.4, 0.5) is 18.9 Å². The molecule has 1 aromatic heterocycles. The van der Waals surface area contributed by atoms with Crippen LogP contribution in [0.2, 0.25) is 5.02 Å². The van der Waals surface area contributed by atoms with E-state index in [0.717, 1.165) is 17.7 Å². The van der Waals surface area contributed by atoms with Crippen molar-refractivity contribution in [1.29, 1.82) is 0 Å². The van der Waals surface area contributed by atoms with E-state index in [1.165, 1.54) is 12.1 Å². The number of amides is 1. The fraction of sp³-hybridized carbons (Fsp3) is 0.0435. The number of halogens is 4. The molecule has 0 bridgehead atoms. The van der Waals surface area contributed by atoms with Crippen molar-refractivity contribution in [2.45, 2.75) is 6.18 Å². The predicted molar refractivity (Wildman–Crippen MR) is 112 cm³/mol. The normalized spacial score (nSPS) is 11.4. The molecule has 0 saturated heterocycles. The molecule has 0 aliphatic rings. The van der Waals surface area contributed by atoms with E-state index in [4.69, 9.17) is 16.0 Å². The summed E-state index contributed by atoms with van der Waals surface area (Å²) in [6.07, 6.45) is -2.90. The summed E-state index contributed by atoms with van der Waals surface area (Å²) in [4.78, 5) is 17.1. The lowest BCUT2D eigenvalue weighted by Gasteiger charge is -2.10. The average Bonchev–Trinajstić information content (AvgIpc) is 3.24. The molecule has 8 heteroatoms. The highest BCUT2D eigenvalue weighted by Crippen LogP contribution is 2.31. The molecule has 31 heavy (non-hydrogen) atoms. The summed E-state index contributed by atoms with van der Waals surface area (Å²) in [5.74, 6) is 0.245. The van der Waals surface area contributed by atoms with Crippen LogP contribution < -0.4 is 5.32 Å². The number of benzene rings is 3. The van der Waals surface area contributed by atoms with Gasteiger partial charge in [0.15, 0.2) is 5.76 Å². The Morgan fingerprint density at radius 3 is 2.29 bits per heavy atom. The van der Waals surface area contributed by atoms with E-state index in [-0.39, 0.29) is 17.1 Å². The van der Waals surface area contributed by atoms with E-state index >= 15 is 0 Å². The Morgan fingerprint density at radius 2 is 1.61 bits per heavy atom. The quantitative estimate of drug-likeness (QED) is 0.372. The number of nitrogens with zero attached hydrogens (tertiary/aromatic N) is 1. The van der Waals surface area contributed by atoms with Gasteiger partial charge >= 0.3 is 6.18 Å². The molecule has 1 amide bonds. The van der Waals surface area contributed by atoms with Crippen molar-refractivity contribution in [3.63, 3.8) is 0 Å². The van der Waals surface area contributed by atoms with E-state index in [9.17, 15) is 18.0 Å². The number of oxazole rings is 1. The molecule has 1 N–H and O–H groups in total. The van der Waals surface area contributed by atoms with Crippen molar-refractivity contribution in [3.05, 3.63) is 95.1 Å². The van der Waals surface area contributed by atoms with Gasteiger partial charge in [-0.3, -0.25) is 4.79 Å². The number of rotatable bonds is 4. The smallest absolute Gasteiger partial charge is 0.416 e. The maximum absolute atomic E-state index is 12.8. The zero-order valence-electron chi connectivity index (χ0n) is 15.8. The maximum Gasteiger partial charge on any atom is 0.416 e. The second-order valence-electron chi connectivity index (χ2n) is 6.61. The Hall–Kier alpha value is -3.58. The summed E-state index contributed by atoms with van der Waals surface area (Å²) in [6.45, 7) is 0. The minimum absolute atomic E-state index is 0.238. The Morgan fingerprint density at radius 1 is 0.935 bits per heavy atom. The van der Waals surface area contributed by atoms with E-state index in [1.54, 1.807) is 54.7 Å². The first-order chi connectivity index (χ1) is 14.8. The molecule has 4 rings (SSSR count). The van der Waals surface area contributed by atoms with Gasteiger partial charge in [0.1, 0.15) is 0 Å². The van der Waals surface area contributed by atoms with Crippen molar-refractivity contribution in [2.24, 2.45) is 0 Å². The number of alkyl halides is 3. The number of carbonyl (C=O) groups is 1. The summed E-state index contributed by atoms with van der Waals surface area (Å²) in [5, 5.41) is 3.19. The number of nitrogens with one attached hydrogen (secondary N) is 1. The monoisotopic (exact) mass is 442 g/mol. The van der Waals surface area contributed by atoms with Gasteiger partial charge < -0.3 is 9.73 Å². The fourth-order valence-corrected chi connectivity index (χ4v) is 3.08. The third-order valence-electron chi connectivity index (χ3n) is 4.51. The van der Waals surface area contributed by atoms with Gasteiger partial charge in [-0.05, 0) is 60.7 Å². The van der Waals surface area contributed by atoms with Crippen LogP contribution in [0.15, 0.2) is 83.4 Å². The van der Waals surface area contributed by atoms with Crippen LogP contribution in [0.25, 0.3) is 22.8 Å². The molecular formula is C23H14ClF3N2O2. The molecule has 0 radical (unpaired) electrons. The summed E-state index contributed by atoms with van der Waals surface area (Å²) in [5.41, 5.74) is 0.941. The third-order valence-corrected chi connectivity index (χ3v) is 4.76. The largest absolute Gasteiger partial charge is 0.436 e. The highest BCUT2D eigenvalue weighted by Gasteiger charge is 2.30. The maximum atomic E-state index is 12.8. The van der Waals surface area contributed by atoms with Crippen LogP contribution in [0.1, 0.15) is 15.9 Å². The molecule has 0 fully saturated rings. The molecule has 1 heterocycles. The average molecular weight is 443 g/mol. The second kappa shape index (κ2) is 8.28. The third kappa shape index (κ3) is 4.62. The Balaban J connectivity index is 1.59. The SMILES string of the molecule is O=C(Nc1ccc(C(F)(F)F)cc1)c1ccccc1-c1ncc(-c2ccc(Cl)cc2)o1. The first-order valence-electron chi connectivity index (χ1n) is 9.11. The number of anilines is 1. The molecule has 156 valence electrons. The van der Waals surface area contributed by atoms with Gasteiger partial charge in [-0.1, -0.05) is 23.7 Å². The van der Waals surface area contributed by atoms with Crippen LogP contribution in [-0.4, -0.2) is 10.9 Å². The lowest BCUT2D eigenvalue weighted by Crippen LogP contribution is -2.13. The molecule has 3 aromatic carbocycles. The summed E-state index contributed by atoms with van der Waals surface area (Å²) >= 11 is 5.91. The lowest BCUT2D eigenvalue weighted by molar-refractivity contribution is -0.137. The Bertz CT molecular complexity index is 1220. The molecule has 0 spiro atoms. The zero-order valence-corrected chi connectivity index (χ0v) is 16.5. The summed E-state index contributed by atoms with van der Waals surface area (Å²) in [7, 11) is 0. The minimum Gasteiger partial charge on any atom is -0.436 e. The van der Waals surface area contributed by atoms with Crippen LogP contribution in [0, 0.1) is 0 Å². The van der Waals surface area contributed by atoms with Crippen molar-refractivity contribution in [1.82, 2.24) is 4.98 Å². The van der Waals surface area contributed by atoms with Crippen LogP contribution in [0.3, 0.4) is 0 Å². The first-order valence-corrected chi connectivity index (χ1v) is 9.49. The van der Waals surface area contributed by atoms with Crippen LogP contribution >= 0.6 is 11.6 Å². The highest BCUT2D eigenvalue weighted by atomic mass is 35.5. The van der Waals surface area contributed by atoms with E-state index in [1.807, 2.05) is 0 Å². The molecule has 0 unspecified atom stereocenters. The van der Waals surface area contributed by atoms with Crippen molar-refractivity contribution in [2.75, 3.05) is 5.32 Å². The highest BCUT2D eigenvalue weighted by molar-refractivity contribution is 6.30. The van der Waals surface area contributed by atoms with Crippen molar-refractivity contribution in [3.8, 4) is 22.8 Å². The molecular weight excluding hydrogens is 429 g/mol. The van der Waals surface area contributed by atoms with E-state index in [2.05, 4.69) is 10.3 Å². The number of hydrogen-bond donors (Lipinski definition) is 1. The Kier molecular flexibility index (Phi) is 5.52. The van der Waals surface area contributed by atoms with Gasteiger partial charge in [0.05, 0.1) is 17.3 Å². The lowest BCUT2D eigenvalue weighted by atomic mass is 10.1. The first kappa shape index (κ1) is 20.7. The van der Waals surface area contributed by atoms with Gasteiger partial charge in [-0.15, -0.1) is 0 Å². The molecule has 0 aliphatic carbocycles. The van der Waals surface area contributed by atoms with Crippen LogP contribution in [0.5, 0.6) is 0 Å². The van der Waals surface area contributed by atoms with E-state index < -0.39 is 17.6 Å². The predicted octanol–water partition coefficient (Wildman–Crippen LogP) is 6.93. The molecule has 4 aromatic rings.